The maximum absolute atomic E-state index is 13.3. The molecule has 0 aromatic rings. The van der Waals surface area contributed by atoms with E-state index in [2.05, 4.69) is 76.7 Å². The molecule has 0 unspecified atom stereocenters. The summed E-state index contributed by atoms with van der Waals surface area (Å²) in [7, 11) is 3.53. The minimum atomic E-state index is -0.642. The standard InChI is InChI=1S/C36H60N4O2/c1-14-16-31(3,4)18-20-34(9,30(38-12)40-39-13)21-19-32(5,6)36(11)17-15-27-33(7,8)29(42)26(24-37)23-35(27,10)28(36)22-25(2)41/h23,27-28H,14-22H2,1-13H3/b38-30-,40-39-/t27-,28+,34-,35-,36+/m0/s1. The fourth-order valence-electron chi connectivity index (χ4n) is 8.87. The highest BCUT2D eigenvalue weighted by Crippen LogP contribution is 2.68. The van der Waals surface area contributed by atoms with Crippen LogP contribution in [0.4, 0.5) is 0 Å². The van der Waals surface area contributed by atoms with Crippen molar-refractivity contribution >= 4 is 17.4 Å². The summed E-state index contributed by atoms with van der Waals surface area (Å²) >= 11 is 0. The van der Waals surface area contributed by atoms with Gasteiger partial charge in [0.25, 0.3) is 0 Å². The van der Waals surface area contributed by atoms with Gasteiger partial charge in [0.1, 0.15) is 11.9 Å². The molecular weight excluding hydrogens is 520 g/mol. The number of carbonyl (C=O) groups excluding carboxylic acids is 2. The van der Waals surface area contributed by atoms with Crippen LogP contribution in [-0.2, 0) is 9.59 Å². The van der Waals surface area contributed by atoms with Gasteiger partial charge in [-0.05, 0) is 85.4 Å². The summed E-state index contributed by atoms with van der Waals surface area (Å²) in [6.45, 7) is 24.3. The van der Waals surface area contributed by atoms with Crippen molar-refractivity contribution in [2.45, 2.75) is 134 Å². The van der Waals surface area contributed by atoms with Gasteiger partial charge in [0.15, 0.2) is 11.6 Å². The van der Waals surface area contributed by atoms with Gasteiger partial charge in [0.2, 0.25) is 0 Å². The number of rotatable bonds is 12. The summed E-state index contributed by atoms with van der Waals surface area (Å²) in [6.07, 6.45) is 10.5. The molecule has 0 bridgehead atoms. The molecule has 42 heavy (non-hydrogen) atoms. The van der Waals surface area contributed by atoms with Gasteiger partial charge in [-0.2, -0.15) is 10.4 Å². The molecule has 0 radical (unpaired) electrons. The quantitative estimate of drug-likeness (QED) is 0.131. The van der Waals surface area contributed by atoms with Gasteiger partial charge in [-0.25, -0.2) is 0 Å². The van der Waals surface area contributed by atoms with E-state index >= 15 is 0 Å². The number of hydrogen-bond acceptors (Lipinski definition) is 5. The molecule has 0 heterocycles. The Labute approximate surface area is 257 Å². The number of nitriles is 1. The molecular formula is C36H60N4O2. The zero-order valence-electron chi connectivity index (χ0n) is 29.2. The lowest BCUT2D eigenvalue weighted by Gasteiger charge is -2.64. The van der Waals surface area contributed by atoms with Crippen molar-refractivity contribution in [3.05, 3.63) is 11.6 Å². The zero-order valence-corrected chi connectivity index (χ0v) is 29.2. The number of fused-ring (bicyclic) bond motifs is 1. The number of carbonyl (C=O) groups is 2. The van der Waals surface area contributed by atoms with Gasteiger partial charge in [-0.1, -0.05) is 81.7 Å². The molecule has 2 aliphatic rings. The Bertz CT molecular complexity index is 1150. The van der Waals surface area contributed by atoms with E-state index < -0.39 is 10.8 Å². The van der Waals surface area contributed by atoms with Gasteiger partial charge in [-0.15, -0.1) is 5.11 Å². The van der Waals surface area contributed by atoms with Crippen molar-refractivity contribution in [1.29, 1.82) is 5.26 Å². The first-order chi connectivity index (χ1) is 19.2. The molecule has 6 nitrogen and oxygen atoms in total. The number of Topliss-reactive ketones (excluding diaryl/α,β-unsaturated/α-hetero) is 2. The number of azo groups is 1. The predicted molar refractivity (Wildman–Crippen MR) is 173 cm³/mol. The number of amidine groups is 1. The largest absolute Gasteiger partial charge is 0.300 e. The monoisotopic (exact) mass is 580 g/mol. The second-order valence-corrected chi connectivity index (χ2v) is 16.3. The molecule has 0 aromatic heterocycles. The van der Waals surface area contributed by atoms with Gasteiger partial charge >= 0.3 is 0 Å². The van der Waals surface area contributed by atoms with Crippen LogP contribution in [0, 0.1) is 55.7 Å². The van der Waals surface area contributed by atoms with Crippen molar-refractivity contribution in [1.82, 2.24) is 0 Å². The van der Waals surface area contributed by atoms with Crippen LogP contribution in [0.15, 0.2) is 26.9 Å². The first-order valence-corrected chi connectivity index (χ1v) is 16.2. The number of allylic oxidation sites excluding steroid dienone is 2. The summed E-state index contributed by atoms with van der Waals surface area (Å²) in [5.41, 5.74) is -1.11. The summed E-state index contributed by atoms with van der Waals surface area (Å²) in [6, 6.07) is 2.21. The predicted octanol–water partition coefficient (Wildman–Crippen LogP) is 9.59. The summed E-state index contributed by atoms with van der Waals surface area (Å²) in [5.74, 6) is 1.00. The lowest BCUT2D eigenvalue weighted by Crippen LogP contribution is -2.60. The van der Waals surface area contributed by atoms with Crippen LogP contribution in [0.2, 0.25) is 0 Å². The molecule has 1 fully saturated rings. The fourth-order valence-corrected chi connectivity index (χ4v) is 8.87. The molecule has 236 valence electrons. The topological polar surface area (TPSA) is 95.0 Å². The normalized spacial score (nSPS) is 30.0. The molecule has 0 N–H and O–H groups in total. The Morgan fingerprint density at radius 2 is 1.62 bits per heavy atom. The lowest BCUT2D eigenvalue weighted by molar-refractivity contribution is -0.155. The molecule has 0 aliphatic heterocycles. The SMILES string of the molecule is CCCC(C)(C)CC[C@@](C)(CCC(C)(C)[C@]1(C)CC[C@H]2C(C)(C)C(=O)C(C#N)=C[C@]2(C)[C@H]1CC(C)=O)C(/N=N\C)=N/C. The second-order valence-electron chi connectivity index (χ2n) is 16.3. The van der Waals surface area contributed by atoms with E-state index in [9.17, 15) is 14.9 Å². The Kier molecular flexibility index (Phi) is 11.0. The molecule has 0 amide bonds. The lowest BCUT2D eigenvalue weighted by atomic mass is 9.39. The minimum absolute atomic E-state index is 0.0105. The van der Waals surface area contributed by atoms with Crippen LogP contribution in [0.1, 0.15) is 134 Å². The van der Waals surface area contributed by atoms with E-state index in [4.69, 9.17) is 0 Å². The smallest absolute Gasteiger partial charge is 0.178 e. The Morgan fingerprint density at radius 3 is 2.12 bits per heavy atom. The van der Waals surface area contributed by atoms with Crippen LogP contribution >= 0.6 is 0 Å². The van der Waals surface area contributed by atoms with E-state index in [0.29, 0.717) is 6.42 Å². The molecule has 2 aliphatic carbocycles. The van der Waals surface area contributed by atoms with Gasteiger partial charge in [0, 0.05) is 31.3 Å². The van der Waals surface area contributed by atoms with Gasteiger partial charge in [-0.3, -0.25) is 9.79 Å². The van der Waals surface area contributed by atoms with Crippen molar-refractivity contribution in [2.75, 3.05) is 14.1 Å². The van der Waals surface area contributed by atoms with Crippen LogP contribution in [-0.4, -0.2) is 31.5 Å². The number of nitrogens with zero attached hydrogens (tertiary/aromatic N) is 4. The third kappa shape index (κ3) is 6.81. The maximum atomic E-state index is 13.3. The highest BCUT2D eigenvalue weighted by Gasteiger charge is 2.63. The number of hydrogen-bond donors (Lipinski definition) is 0. The van der Waals surface area contributed by atoms with Crippen LogP contribution in [0.25, 0.3) is 0 Å². The fraction of sp³-hybridized carbons (Fsp3) is 0.833. The highest BCUT2D eigenvalue weighted by molar-refractivity contribution is 6.04. The summed E-state index contributed by atoms with van der Waals surface area (Å²) in [4.78, 5) is 30.8. The number of aliphatic imine (C=N–C) groups is 1. The summed E-state index contributed by atoms with van der Waals surface area (Å²) in [5, 5.41) is 18.6. The van der Waals surface area contributed by atoms with Crippen molar-refractivity contribution in [2.24, 2.45) is 59.5 Å². The van der Waals surface area contributed by atoms with E-state index in [0.717, 1.165) is 44.4 Å². The van der Waals surface area contributed by atoms with Crippen LogP contribution < -0.4 is 0 Å². The van der Waals surface area contributed by atoms with Crippen molar-refractivity contribution in [3.63, 3.8) is 0 Å². The average molecular weight is 581 g/mol. The van der Waals surface area contributed by atoms with E-state index in [-0.39, 0.29) is 50.6 Å². The molecule has 0 aromatic carbocycles. The molecule has 0 saturated heterocycles. The second kappa shape index (κ2) is 12.8. The first kappa shape index (κ1) is 36.0. The third-order valence-corrected chi connectivity index (χ3v) is 12.1. The van der Waals surface area contributed by atoms with Crippen LogP contribution in [0.5, 0.6) is 0 Å². The molecule has 5 atom stereocenters. The van der Waals surface area contributed by atoms with Crippen molar-refractivity contribution < 1.29 is 9.59 Å². The van der Waals surface area contributed by atoms with Crippen LogP contribution in [0.3, 0.4) is 0 Å². The average Bonchev–Trinajstić information content (AvgIpc) is 2.89. The molecule has 6 heteroatoms. The maximum Gasteiger partial charge on any atom is 0.178 e. The molecule has 0 spiro atoms. The van der Waals surface area contributed by atoms with Gasteiger partial charge < -0.3 is 4.79 Å². The highest BCUT2D eigenvalue weighted by atomic mass is 16.1. The first-order valence-electron chi connectivity index (χ1n) is 16.2. The minimum Gasteiger partial charge on any atom is -0.300 e. The van der Waals surface area contributed by atoms with E-state index in [1.165, 1.54) is 12.8 Å². The molecule has 1 saturated carbocycles. The van der Waals surface area contributed by atoms with Crippen molar-refractivity contribution in [3.8, 4) is 6.07 Å². The zero-order chi connectivity index (χ0) is 32.4. The number of ketones is 2. The Balaban J connectivity index is 2.57. The Morgan fingerprint density at radius 1 is 1.02 bits per heavy atom. The van der Waals surface area contributed by atoms with Gasteiger partial charge in [0.05, 0.1) is 5.57 Å². The third-order valence-electron chi connectivity index (χ3n) is 12.1. The van der Waals surface area contributed by atoms with E-state index in [1.54, 1.807) is 14.0 Å². The molecule has 2 rings (SSSR count). The summed E-state index contributed by atoms with van der Waals surface area (Å²) < 4.78 is 0. The van der Waals surface area contributed by atoms with E-state index in [1.807, 2.05) is 27.0 Å². The Hall–Kier alpha value is -2.16.